The summed E-state index contributed by atoms with van der Waals surface area (Å²) in [5.41, 5.74) is 5.34. The Hall–Kier alpha value is -3.74. The minimum absolute atomic E-state index is 0.0852. The summed E-state index contributed by atoms with van der Waals surface area (Å²) >= 11 is 2.08. The van der Waals surface area contributed by atoms with Crippen molar-refractivity contribution in [3.05, 3.63) is 120 Å². The largest absolute Gasteiger partial charge is 0.464 e. The van der Waals surface area contributed by atoms with E-state index in [0.717, 1.165) is 45.8 Å². The molecule has 0 aliphatic carbocycles. The number of carbonyl (C=O) groups is 2. The first kappa shape index (κ1) is 26.9. The number of hydrogen-bond acceptors (Lipinski definition) is 6. The summed E-state index contributed by atoms with van der Waals surface area (Å²) in [6, 6.07) is 23.8. The van der Waals surface area contributed by atoms with E-state index in [1.54, 1.807) is 24.7 Å². The maximum absolute atomic E-state index is 11.5. The number of thioether (sulfide) groups is 2. The predicted molar refractivity (Wildman–Crippen MR) is 152 cm³/mol. The van der Waals surface area contributed by atoms with E-state index < -0.39 is 0 Å². The predicted octanol–water partition coefficient (Wildman–Crippen LogP) is 8.39. The molecular formula is C30H26O4S2. The van der Waals surface area contributed by atoms with Crippen LogP contribution in [0.15, 0.2) is 120 Å². The van der Waals surface area contributed by atoms with E-state index in [1.165, 1.54) is 12.5 Å². The Kier molecular flexibility index (Phi) is 9.98. The van der Waals surface area contributed by atoms with Crippen molar-refractivity contribution in [1.29, 1.82) is 0 Å². The molecule has 0 aromatic heterocycles. The Labute approximate surface area is 220 Å². The van der Waals surface area contributed by atoms with Crippen molar-refractivity contribution < 1.29 is 19.1 Å². The monoisotopic (exact) mass is 514 g/mol. The molecule has 0 amide bonds. The minimum atomic E-state index is -0.0852. The molecule has 0 atom stereocenters. The molecule has 0 aliphatic rings. The molecule has 0 fully saturated rings. The van der Waals surface area contributed by atoms with Crippen LogP contribution in [0, 0.1) is 0 Å². The van der Waals surface area contributed by atoms with Gasteiger partial charge in [0.25, 0.3) is 0 Å². The molecule has 0 aliphatic heterocycles. The molecule has 4 nitrogen and oxygen atoms in total. The Bertz CT molecular complexity index is 1180. The topological polar surface area (TPSA) is 52.6 Å². The van der Waals surface area contributed by atoms with E-state index in [0.29, 0.717) is 22.6 Å². The first-order valence-corrected chi connectivity index (χ1v) is 12.8. The fraction of sp³-hybridized carbons (Fsp3) is 0.0667. The summed E-state index contributed by atoms with van der Waals surface area (Å²) in [5.74, 6) is 1.38. The standard InChI is InChI=1S/C30H26O4S2/c1-21(2)29(31)35-19-17-33-27-13-9-25(10-14-27)23-5-7-24(8-6-23)26-11-15-28(16-12-26)34-18-20-36-30(32)22(3)4/h5-20H,1,3H2,2,4H3/b19-17-,20-18-. The molecule has 0 unspecified atom stereocenters. The van der Waals surface area contributed by atoms with E-state index in [1.807, 2.05) is 48.5 Å². The molecule has 3 aromatic carbocycles. The number of benzene rings is 3. The van der Waals surface area contributed by atoms with Crippen LogP contribution in [0.25, 0.3) is 22.3 Å². The third-order valence-corrected chi connectivity index (χ3v) is 6.45. The molecule has 0 radical (unpaired) electrons. The summed E-state index contributed by atoms with van der Waals surface area (Å²) in [4.78, 5) is 23.0. The fourth-order valence-corrected chi connectivity index (χ4v) is 3.77. The van der Waals surface area contributed by atoms with Crippen LogP contribution in [-0.4, -0.2) is 10.2 Å². The second kappa shape index (κ2) is 13.4. The van der Waals surface area contributed by atoms with Crippen molar-refractivity contribution in [3.8, 4) is 33.8 Å². The Morgan fingerprint density at radius 1 is 0.583 bits per heavy atom. The van der Waals surface area contributed by atoms with Crippen LogP contribution in [0.3, 0.4) is 0 Å². The molecule has 182 valence electrons. The fourth-order valence-electron chi connectivity index (χ4n) is 2.90. The van der Waals surface area contributed by atoms with Gasteiger partial charge in [0, 0.05) is 10.8 Å². The lowest BCUT2D eigenvalue weighted by atomic mass is 10.0. The van der Waals surface area contributed by atoms with Gasteiger partial charge in [-0.1, -0.05) is 85.2 Å². The van der Waals surface area contributed by atoms with E-state index in [2.05, 4.69) is 37.4 Å². The molecular weight excluding hydrogens is 488 g/mol. The number of rotatable bonds is 10. The highest BCUT2D eigenvalue weighted by atomic mass is 32.2. The van der Waals surface area contributed by atoms with Crippen LogP contribution in [0.4, 0.5) is 0 Å². The van der Waals surface area contributed by atoms with Crippen molar-refractivity contribution in [3.63, 3.8) is 0 Å². The van der Waals surface area contributed by atoms with Crippen molar-refractivity contribution in [2.45, 2.75) is 13.8 Å². The summed E-state index contributed by atoms with van der Waals surface area (Å²) < 4.78 is 11.1. The molecule has 6 heteroatoms. The molecule has 0 saturated heterocycles. The average molecular weight is 515 g/mol. The molecule has 0 spiro atoms. The third kappa shape index (κ3) is 8.18. The average Bonchev–Trinajstić information content (AvgIpc) is 2.89. The summed E-state index contributed by atoms with van der Waals surface area (Å²) in [5, 5.41) is 3.03. The van der Waals surface area contributed by atoms with Gasteiger partial charge in [0.1, 0.15) is 11.5 Å². The second-order valence-electron chi connectivity index (χ2n) is 7.78. The first-order chi connectivity index (χ1) is 17.3. The summed E-state index contributed by atoms with van der Waals surface area (Å²) in [6.45, 7) is 10.6. The van der Waals surface area contributed by atoms with Gasteiger partial charge in [-0.15, -0.1) is 0 Å². The molecule has 36 heavy (non-hydrogen) atoms. The highest BCUT2D eigenvalue weighted by Gasteiger charge is 2.03. The molecule has 0 bridgehead atoms. The Balaban J connectivity index is 1.55. The van der Waals surface area contributed by atoms with Crippen molar-refractivity contribution in [2.75, 3.05) is 0 Å². The maximum atomic E-state index is 11.5. The highest BCUT2D eigenvalue weighted by molar-refractivity contribution is 8.16. The van der Waals surface area contributed by atoms with Gasteiger partial charge in [0.2, 0.25) is 10.2 Å². The smallest absolute Gasteiger partial charge is 0.218 e. The van der Waals surface area contributed by atoms with E-state index in [-0.39, 0.29) is 10.2 Å². The van der Waals surface area contributed by atoms with Crippen molar-refractivity contribution in [2.24, 2.45) is 0 Å². The summed E-state index contributed by atoms with van der Waals surface area (Å²) in [6.07, 6.45) is 2.98. The van der Waals surface area contributed by atoms with Crippen LogP contribution < -0.4 is 9.47 Å². The van der Waals surface area contributed by atoms with Gasteiger partial charge in [0.05, 0.1) is 12.5 Å². The first-order valence-electron chi connectivity index (χ1n) is 11.0. The van der Waals surface area contributed by atoms with Gasteiger partial charge >= 0.3 is 0 Å². The van der Waals surface area contributed by atoms with Gasteiger partial charge in [0.15, 0.2) is 0 Å². The van der Waals surface area contributed by atoms with Crippen LogP contribution >= 0.6 is 23.5 Å². The molecule has 0 N–H and O–H groups in total. The second-order valence-corrected chi connectivity index (χ2v) is 9.53. The Morgan fingerprint density at radius 2 is 0.861 bits per heavy atom. The maximum Gasteiger partial charge on any atom is 0.218 e. The molecule has 3 aromatic rings. The SMILES string of the molecule is C=C(C)C(=O)S/C=C\Oc1ccc(-c2ccc(-c3ccc(O/C=C\SC(=O)C(=C)C)cc3)cc2)cc1. The van der Waals surface area contributed by atoms with Gasteiger partial charge in [-0.3, -0.25) is 9.59 Å². The van der Waals surface area contributed by atoms with E-state index >= 15 is 0 Å². The normalized spacial score (nSPS) is 10.9. The quantitative estimate of drug-likeness (QED) is 0.200. The van der Waals surface area contributed by atoms with Crippen molar-refractivity contribution in [1.82, 2.24) is 0 Å². The van der Waals surface area contributed by atoms with Gasteiger partial charge in [-0.25, -0.2) is 0 Å². The Morgan fingerprint density at radius 3 is 1.14 bits per heavy atom. The van der Waals surface area contributed by atoms with E-state index in [4.69, 9.17) is 9.47 Å². The van der Waals surface area contributed by atoms with Crippen LogP contribution in [0.2, 0.25) is 0 Å². The summed E-state index contributed by atoms with van der Waals surface area (Å²) in [7, 11) is 0. The van der Waals surface area contributed by atoms with Crippen LogP contribution in [0.5, 0.6) is 11.5 Å². The van der Waals surface area contributed by atoms with Gasteiger partial charge in [-0.05, 0) is 71.5 Å². The lowest BCUT2D eigenvalue weighted by Gasteiger charge is -2.07. The molecule has 3 rings (SSSR count). The zero-order valence-corrected chi connectivity index (χ0v) is 21.7. The lowest BCUT2D eigenvalue weighted by molar-refractivity contribution is -0.108. The zero-order chi connectivity index (χ0) is 25.9. The van der Waals surface area contributed by atoms with Gasteiger partial charge < -0.3 is 9.47 Å². The van der Waals surface area contributed by atoms with Crippen LogP contribution in [0.1, 0.15) is 13.8 Å². The zero-order valence-electron chi connectivity index (χ0n) is 20.1. The van der Waals surface area contributed by atoms with Gasteiger partial charge in [-0.2, -0.15) is 0 Å². The minimum Gasteiger partial charge on any atom is -0.464 e. The van der Waals surface area contributed by atoms with Crippen LogP contribution in [-0.2, 0) is 9.59 Å². The highest BCUT2D eigenvalue weighted by Crippen LogP contribution is 2.28. The van der Waals surface area contributed by atoms with E-state index in [9.17, 15) is 9.59 Å². The molecule has 0 saturated carbocycles. The lowest BCUT2D eigenvalue weighted by Crippen LogP contribution is -1.89. The molecule has 0 heterocycles. The third-order valence-electron chi connectivity index (χ3n) is 4.83. The van der Waals surface area contributed by atoms with Crippen molar-refractivity contribution >= 4 is 33.8 Å². The number of carbonyl (C=O) groups excluding carboxylic acids is 2. The number of ether oxygens (including phenoxy) is 2. The number of hydrogen-bond donors (Lipinski definition) is 0.